The topological polar surface area (TPSA) is 62.4 Å². The number of carbonyl (C=O) groups is 2. The van der Waals surface area contributed by atoms with Gasteiger partial charge in [-0.3, -0.25) is 9.59 Å². The molecular weight excluding hydrogens is 244 g/mol. The first kappa shape index (κ1) is 13.6. The minimum atomic E-state index is -0.179. The maximum Gasteiger partial charge on any atom is 0.310 e. The van der Waals surface area contributed by atoms with Gasteiger partial charge in [-0.15, -0.1) is 0 Å². The molecule has 104 valence electrons. The molecule has 2 heterocycles. The van der Waals surface area contributed by atoms with Crippen molar-refractivity contribution in [2.75, 3.05) is 19.7 Å². The van der Waals surface area contributed by atoms with E-state index < -0.39 is 0 Å². The monoisotopic (exact) mass is 264 g/mol. The Labute approximate surface area is 112 Å². The van der Waals surface area contributed by atoms with E-state index >= 15 is 0 Å². The van der Waals surface area contributed by atoms with Crippen molar-refractivity contribution in [2.24, 2.45) is 5.92 Å². The maximum absolute atomic E-state index is 12.2. The Kier molecular flexibility index (Phi) is 4.60. The first-order valence-electron chi connectivity index (χ1n) is 6.76. The van der Waals surface area contributed by atoms with Crippen molar-refractivity contribution in [3.05, 3.63) is 24.0 Å². The molecule has 2 rings (SSSR count). The summed E-state index contributed by atoms with van der Waals surface area (Å²) in [5.74, 6) is -0.265. The molecule has 1 unspecified atom stereocenters. The summed E-state index contributed by atoms with van der Waals surface area (Å²) in [6, 6.07) is 1.89. The van der Waals surface area contributed by atoms with Gasteiger partial charge in [-0.05, 0) is 31.4 Å². The number of ether oxygens (including phenoxy) is 1. The Morgan fingerprint density at radius 1 is 1.53 bits per heavy atom. The number of nitrogens with one attached hydrogen (secondary N) is 1. The number of rotatable bonds is 4. The van der Waals surface area contributed by atoms with E-state index in [1.807, 2.05) is 12.3 Å². The highest BCUT2D eigenvalue weighted by molar-refractivity contribution is 5.80. The molecule has 0 aromatic carbocycles. The van der Waals surface area contributed by atoms with Crippen LogP contribution >= 0.6 is 0 Å². The predicted molar refractivity (Wildman–Crippen MR) is 70.4 cm³/mol. The van der Waals surface area contributed by atoms with Gasteiger partial charge in [0.05, 0.1) is 18.9 Å². The number of aromatic amines is 1. The molecule has 0 radical (unpaired) electrons. The van der Waals surface area contributed by atoms with Gasteiger partial charge in [0.15, 0.2) is 0 Å². The predicted octanol–water partition coefficient (Wildman–Crippen LogP) is 1.36. The van der Waals surface area contributed by atoms with Gasteiger partial charge in [0.1, 0.15) is 0 Å². The first-order valence-corrected chi connectivity index (χ1v) is 6.76. The zero-order valence-electron chi connectivity index (χ0n) is 11.2. The number of H-pyrrole nitrogens is 1. The SMILES string of the molecule is CCOC(=O)C1CCCN(C(=O)Cc2cc[nH]c2)C1. The van der Waals surface area contributed by atoms with Gasteiger partial charge < -0.3 is 14.6 Å². The lowest BCUT2D eigenvalue weighted by Gasteiger charge is -2.31. The molecule has 1 aliphatic heterocycles. The van der Waals surface area contributed by atoms with E-state index in [1.54, 1.807) is 18.0 Å². The second kappa shape index (κ2) is 6.41. The zero-order chi connectivity index (χ0) is 13.7. The molecule has 0 aliphatic carbocycles. The number of amides is 1. The average molecular weight is 264 g/mol. The fourth-order valence-corrected chi connectivity index (χ4v) is 2.41. The second-order valence-electron chi connectivity index (χ2n) is 4.83. The molecule has 1 aromatic heterocycles. The second-order valence-corrected chi connectivity index (χ2v) is 4.83. The Bertz CT molecular complexity index is 428. The van der Waals surface area contributed by atoms with Crippen LogP contribution in [0.25, 0.3) is 0 Å². The van der Waals surface area contributed by atoms with Crippen molar-refractivity contribution in [1.82, 2.24) is 9.88 Å². The van der Waals surface area contributed by atoms with Gasteiger partial charge in [-0.25, -0.2) is 0 Å². The van der Waals surface area contributed by atoms with E-state index in [0.29, 0.717) is 19.6 Å². The van der Waals surface area contributed by atoms with Crippen molar-refractivity contribution < 1.29 is 14.3 Å². The minimum Gasteiger partial charge on any atom is -0.466 e. The summed E-state index contributed by atoms with van der Waals surface area (Å²) in [7, 11) is 0. The van der Waals surface area contributed by atoms with Crippen LogP contribution in [0.4, 0.5) is 0 Å². The van der Waals surface area contributed by atoms with Gasteiger partial charge >= 0.3 is 5.97 Å². The number of hydrogen-bond donors (Lipinski definition) is 1. The van der Waals surface area contributed by atoms with Gasteiger partial charge in [0.25, 0.3) is 0 Å². The maximum atomic E-state index is 12.2. The lowest BCUT2D eigenvalue weighted by molar-refractivity contribution is -0.151. The zero-order valence-corrected chi connectivity index (χ0v) is 11.2. The molecule has 0 spiro atoms. The van der Waals surface area contributed by atoms with Crippen LogP contribution in [0.15, 0.2) is 18.5 Å². The first-order chi connectivity index (χ1) is 9.20. The van der Waals surface area contributed by atoms with Gasteiger partial charge in [-0.1, -0.05) is 0 Å². The fraction of sp³-hybridized carbons (Fsp3) is 0.571. The molecule has 0 saturated carbocycles. The third-order valence-electron chi connectivity index (χ3n) is 3.41. The van der Waals surface area contributed by atoms with Crippen LogP contribution in [-0.2, 0) is 20.7 Å². The van der Waals surface area contributed by atoms with E-state index in [1.165, 1.54) is 0 Å². The van der Waals surface area contributed by atoms with Crippen LogP contribution < -0.4 is 0 Å². The Balaban J connectivity index is 1.89. The van der Waals surface area contributed by atoms with E-state index in [4.69, 9.17) is 4.74 Å². The smallest absolute Gasteiger partial charge is 0.310 e. The van der Waals surface area contributed by atoms with Crippen molar-refractivity contribution in [3.63, 3.8) is 0 Å². The molecule has 1 saturated heterocycles. The van der Waals surface area contributed by atoms with Crippen LogP contribution in [0.2, 0.25) is 0 Å². The summed E-state index contributed by atoms with van der Waals surface area (Å²) >= 11 is 0. The van der Waals surface area contributed by atoms with Crippen LogP contribution in [-0.4, -0.2) is 41.5 Å². The third-order valence-corrected chi connectivity index (χ3v) is 3.41. The molecule has 5 nitrogen and oxygen atoms in total. The lowest BCUT2D eigenvalue weighted by atomic mass is 9.97. The van der Waals surface area contributed by atoms with Gasteiger partial charge in [0, 0.05) is 25.5 Å². The summed E-state index contributed by atoms with van der Waals surface area (Å²) in [6.07, 6.45) is 5.69. The quantitative estimate of drug-likeness (QED) is 0.835. The molecule has 1 amide bonds. The fourth-order valence-electron chi connectivity index (χ4n) is 2.41. The minimum absolute atomic E-state index is 0.0774. The summed E-state index contributed by atoms with van der Waals surface area (Å²) in [4.78, 5) is 28.6. The summed E-state index contributed by atoms with van der Waals surface area (Å²) in [5, 5.41) is 0. The number of esters is 1. The molecule has 19 heavy (non-hydrogen) atoms. The van der Waals surface area contributed by atoms with Gasteiger partial charge in [-0.2, -0.15) is 0 Å². The molecule has 1 aromatic rings. The van der Waals surface area contributed by atoms with Crippen LogP contribution in [0, 0.1) is 5.92 Å². The Hall–Kier alpha value is -1.78. The Morgan fingerprint density at radius 2 is 2.37 bits per heavy atom. The number of nitrogens with zero attached hydrogens (tertiary/aromatic N) is 1. The van der Waals surface area contributed by atoms with Crippen LogP contribution in [0.3, 0.4) is 0 Å². The van der Waals surface area contributed by atoms with E-state index in [9.17, 15) is 9.59 Å². The molecule has 1 fully saturated rings. The average Bonchev–Trinajstić information content (AvgIpc) is 2.92. The number of likely N-dealkylation sites (tertiary alicyclic amines) is 1. The number of piperidine rings is 1. The molecule has 5 heteroatoms. The molecule has 1 atom stereocenters. The van der Waals surface area contributed by atoms with Crippen molar-refractivity contribution >= 4 is 11.9 Å². The van der Waals surface area contributed by atoms with Crippen molar-refractivity contribution in [3.8, 4) is 0 Å². The highest BCUT2D eigenvalue weighted by Gasteiger charge is 2.29. The summed E-state index contributed by atoms with van der Waals surface area (Å²) in [6.45, 7) is 3.42. The van der Waals surface area contributed by atoms with Crippen LogP contribution in [0.5, 0.6) is 0 Å². The highest BCUT2D eigenvalue weighted by atomic mass is 16.5. The standard InChI is InChI=1S/C14H20N2O3/c1-2-19-14(18)12-4-3-7-16(10-12)13(17)8-11-5-6-15-9-11/h5-6,9,12,15H,2-4,7-8,10H2,1H3. The van der Waals surface area contributed by atoms with E-state index in [0.717, 1.165) is 24.9 Å². The number of carbonyl (C=O) groups excluding carboxylic acids is 2. The molecule has 1 aliphatic rings. The van der Waals surface area contributed by atoms with E-state index in [2.05, 4.69) is 4.98 Å². The summed E-state index contributed by atoms with van der Waals surface area (Å²) in [5.41, 5.74) is 0.975. The largest absolute Gasteiger partial charge is 0.466 e. The number of hydrogen-bond acceptors (Lipinski definition) is 3. The van der Waals surface area contributed by atoms with Crippen molar-refractivity contribution in [2.45, 2.75) is 26.2 Å². The lowest BCUT2D eigenvalue weighted by Crippen LogP contribution is -2.43. The van der Waals surface area contributed by atoms with Crippen molar-refractivity contribution in [1.29, 1.82) is 0 Å². The van der Waals surface area contributed by atoms with E-state index in [-0.39, 0.29) is 17.8 Å². The molecular formula is C14H20N2O3. The number of aromatic nitrogens is 1. The molecule has 0 bridgehead atoms. The molecule has 1 N–H and O–H groups in total. The Morgan fingerprint density at radius 3 is 3.05 bits per heavy atom. The summed E-state index contributed by atoms with van der Waals surface area (Å²) < 4.78 is 5.03. The normalized spacial score (nSPS) is 19.2. The van der Waals surface area contributed by atoms with Crippen LogP contribution in [0.1, 0.15) is 25.3 Å². The highest BCUT2D eigenvalue weighted by Crippen LogP contribution is 2.18. The third kappa shape index (κ3) is 3.59. The van der Waals surface area contributed by atoms with Gasteiger partial charge in [0.2, 0.25) is 5.91 Å².